The van der Waals surface area contributed by atoms with Gasteiger partial charge in [0.25, 0.3) is 5.91 Å². The number of Topliss-reactive ketones (excluding diaryl/α,β-unsaturated/α-hetero) is 1. The van der Waals surface area contributed by atoms with Crippen molar-refractivity contribution in [2.45, 2.75) is 33.2 Å². The van der Waals surface area contributed by atoms with Crippen LogP contribution in [0.1, 0.15) is 52.9 Å². The summed E-state index contributed by atoms with van der Waals surface area (Å²) in [6, 6.07) is 12.5. The zero-order valence-corrected chi connectivity index (χ0v) is 23.6. The van der Waals surface area contributed by atoms with E-state index in [1.54, 1.807) is 32.2 Å². The van der Waals surface area contributed by atoms with Gasteiger partial charge in [-0.3, -0.25) is 9.59 Å². The van der Waals surface area contributed by atoms with Gasteiger partial charge in [0.15, 0.2) is 17.4 Å². The van der Waals surface area contributed by atoms with Crippen LogP contribution in [0.2, 0.25) is 0 Å². The van der Waals surface area contributed by atoms with Gasteiger partial charge in [0.2, 0.25) is 0 Å². The Morgan fingerprint density at radius 1 is 1.05 bits per heavy atom. The maximum Gasteiger partial charge on any atom is 0.335 e. The molecule has 7 nitrogen and oxygen atoms in total. The Morgan fingerprint density at radius 2 is 1.86 bits per heavy atom. The molecule has 2 aromatic carbocycles. The van der Waals surface area contributed by atoms with Crippen molar-refractivity contribution in [2.24, 2.45) is 0 Å². The average Bonchev–Trinajstić information content (AvgIpc) is 3.44. The number of benzene rings is 2. The molecule has 0 atom stereocenters. The van der Waals surface area contributed by atoms with Crippen LogP contribution in [0.5, 0.6) is 0 Å². The molecule has 9 heteroatoms. The summed E-state index contributed by atoms with van der Waals surface area (Å²) in [5, 5.41) is 15.3. The molecule has 0 saturated heterocycles. The normalized spacial score (nSPS) is 15.5. The van der Waals surface area contributed by atoms with Gasteiger partial charge in [-0.15, -0.1) is 0 Å². The number of ketones is 1. The second-order valence-electron chi connectivity index (χ2n) is 10.5. The van der Waals surface area contributed by atoms with Gasteiger partial charge in [-0.2, -0.15) is 0 Å². The van der Waals surface area contributed by atoms with Crippen LogP contribution in [-0.2, 0) is 22.6 Å². The minimum absolute atomic E-state index is 0.00467. The summed E-state index contributed by atoms with van der Waals surface area (Å²) in [5.41, 5.74) is 6.68. The lowest BCUT2D eigenvalue weighted by Crippen LogP contribution is -2.24. The van der Waals surface area contributed by atoms with Gasteiger partial charge in [-0.05, 0) is 84.0 Å². The SMILES string of the molecule is CC1=C(C(=O)O)C(C)=C(/C=C2\C(=O)Cc3cc(/C=C/CNc4ncccc4C(=O)NCc4ccc(F)c(F)c4)ccc32)C1. The third kappa shape index (κ3) is 6.35. The summed E-state index contributed by atoms with van der Waals surface area (Å²) >= 11 is 0. The number of aromatic nitrogens is 1. The number of halogens is 2. The van der Waals surface area contributed by atoms with Crippen LogP contribution in [0.25, 0.3) is 11.6 Å². The highest BCUT2D eigenvalue weighted by Crippen LogP contribution is 2.37. The standard InChI is InChI=1S/C34H29F2N3O4/c1-19-13-23(20(2)31(19)34(42)43)16-27-25-9-7-21(14-24(25)17-30(27)40)5-3-11-37-32-26(6-4-12-38-32)33(41)39-18-22-8-10-28(35)29(36)15-22/h3-10,12,14-16H,11,13,17-18H2,1-2H3,(H,37,38)(H,39,41)(H,42,43)/b5-3+,27-16-. The van der Waals surface area contributed by atoms with Gasteiger partial charge in [0.05, 0.1) is 11.1 Å². The van der Waals surface area contributed by atoms with Crippen LogP contribution in [0, 0.1) is 11.6 Å². The fraction of sp³-hybridized carbons (Fsp3) is 0.176. The van der Waals surface area contributed by atoms with Gasteiger partial charge in [0, 0.05) is 31.3 Å². The number of nitrogens with zero attached hydrogens (tertiary/aromatic N) is 1. The number of fused-ring (bicyclic) bond motifs is 1. The Kier molecular flexibility index (Phi) is 8.43. The number of pyridine rings is 1. The number of anilines is 1. The molecule has 2 aliphatic carbocycles. The molecule has 0 saturated carbocycles. The van der Waals surface area contributed by atoms with Crippen molar-refractivity contribution in [3.63, 3.8) is 0 Å². The van der Waals surface area contributed by atoms with Crippen LogP contribution in [0.4, 0.5) is 14.6 Å². The van der Waals surface area contributed by atoms with E-state index < -0.39 is 23.5 Å². The molecule has 0 bridgehead atoms. The van der Waals surface area contributed by atoms with E-state index in [0.717, 1.165) is 40.0 Å². The minimum Gasteiger partial charge on any atom is -0.478 e. The summed E-state index contributed by atoms with van der Waals surface area (Å²) < 4.78 is 26.6. The number of carboxylic acids is 1. The van der Waals surface area contributed by atoms with E-state index in [0.29, 0.717) is 46.6 Å². The highest BCUT2D eigenvalue weighted by molar-refractivity contribution is 6.26. The molecule has 0 spiro atoms. The maximum atomic E-state index is 13.5. The predicted molar refractivity (Wildman–Crippen MR) is 160 cm³/mol. The predicted octanol–water partition coefficient (Wildman–Crippen LogP) is 6.05. The van der Waals surface area contributed by atoms with E-state index in [-0.39, 0.29) is 18.7 Å². The summed E-state index contributed by atoms with van der Waals surface area (Å²) in [7, 11) is 0. The first-order valence-electron chi connectivity index (χ1n) is 13.7. The second kappa shape index (κ2) is 12.4. The highest BCUT2D eigenvalue weighted by Gasteiger charge is 2.28. The van der Waals surface area contributed by atoms with Gasteiger partial charge >= 0.3 is 5.97 Å². The molecule has 1 aromatic heterocycles. The topological polar surface area (TPSA) is 108 Å². The molecular formula is C34H29F2N3O4. The molecule has 0 aliphatic heterocycles. The number of allylic oxidation sites excluding steroid dienone is 4. The molecule has 0 unspecified atom stereocenters. The third-order valence-electron chi connectivity index (χ3n) is 7.53. The fourth-order valence-electron chi connectivity index (χ4n) is 5.37. The number of amides is 1. The van der Waals surface area contributed by atoms with E-state index in [2.05, 4.69) is 15.6 Å². The quantitative estimate of drug-likeness (QED) is 0.266. The first-order valence-corrected chi connectivity index (χ1v) is 13.7. The number of nitrogens with one attached hydrogen (secondary N) is 2. The molecular weight excluding hydrogens is 552 g/mol. The monoisotopic (exact) mass is 581 g/mol. The first kappa shape index (κ1) is 29.3. The number of hydrogen-bond acceptors (Lipinski definition) is 5. The van der Waals surface area contributed by atoms with Gasteiger partial charge in [-0.25, -0.2) is 18.6 Å². The molecule has 0 radical (unpaired) electrons. The number of hydrogen-bond donors (Lipinski definition) is 3. The van der Waals surface area contributed by atoms with Crippen molar-refractivity contribution in [3.05, 3.63) is 129 Å². The molecule has 3 aromatic rings. The van der Waals surface area contributed by atoms with Crippen molar-refractivity contribution in [1.29, 1.82) is 0 Å². The molecule has 2 aliphatic rings. The zero-order chi connectivity index (χ0) is 30.7. The van der Waals surface area contributed by atoms with Crippen LogP contribution >= 0.6 is 0 Å². The Balaban J connectivity index is 1.22. The molecule has 218 valence electrons. The number of aliphatic carboxylic acids is 1. The first-order chi connectivity index (χ1) is 20.6. The van der Waals surface area contributed by atoms with Gasteiger partial charge < -0.3 is 15.7 Å². The average molecular weight is 582 g/mol. The Morgan fingerprint density at radius 3 is 2.60 bits per heavy atom. The van der Waals surface area contributed by atoms with Crippen molar-refractivity contribution in [2.75, 3.05) is 11.9 Å². The highest BCUT2D eigenvalue weighted by atomic mass is 19.2. The summed E-state index contributed by atoms with van der Waals surface area (Å²) in [4.78, 5) is 41.5. The van der Waals surface area contributed by atoms with E-state index in [4.69, 9.17) is 0 Å². The van der Waals surface area contributed by atoms with E-state index in [1.165, 1.54) is 6.07 Å². The van der Waals surface area contributed by atoms with Crippen molar-refractivity contribution in [3.8, 4) is 0 Å². The van der Waals surface area contributed by atoms with E-state index in [9.17, 15) is 28.3 Å². The number of carboxylic acid groups (broad SMARTS) is 1. The second-order valence-corrected chi connectivity index (χ2v) is 10.5. The van der Waals surface area contributed by atoms with Crippen LogP contribution < -0.4 is 10.6 Å². The largest absolute Gasteiger partial charge is 0.478 e. The number of rotatable bonds is 9. The smallest absolute Gasteiger partial charge is 0.335 e. The molecule has 3 N–H and O–H groups in total. The Labute approximate surface area is 247 Å². The lowest BCUT2D eigenvalue weighted by molar-refractivity contribution is -0.132. The van der Waals surface area contributed by atoms with Gasteiger partial charge in [-0.1, -0.05) is 42.0 Å². The van der Waals surface area contributed by atoms with E-state index >= 15 is 0 Å². The molecule has 5 rings (SSSR count). The number of carbonyl (C=O) groups excluding carboxylic acids is 2. The third-order valence-corrected chi connectivity index (χ3v) is 7.53. The van der Waals surface area contributed by atoms with Crippen LogP contribution in [-0.4, -0.2) is 34.3 Å². The van der Waals surface area contributed by atoms with Crippen LogP contribution in [0.3, 0.4) is 0 Å². The molecule has 0 fully saturated rings. The lowest BCUT2D eigenvalue weighted by Gasteiger charge is -2.10. The summed E-state index contributed by atoms with van der Waals surface area (Å²) in [5.74, 6) is -2.91. The lowest BCUT2D eigenvalue weighted by atomic mass is 10.00. The number of carbonyl (C=O) groups is 3. The van der Waals surface area contributed by atoms with E-state index in [1.807, 2.05) is 36.4 Å². The summed E-state index contributed by atoms with van der Waals surface area (Å²) in [6.07, 6.45) is 7.97. The van der Waals surface area contributed by atoms with Crippen molar-refractivity contribution >= 4 is 35.1 Å². The summed E-state index contributed by atoms with van der Waals surface area (Å²) in [6.45, 7) is 3.98. The Hall–Kier alpha value is -5.18. The molecule has 1 amide bonds. The van der Waals surface area contributed by atoms with Gasteiger partial charge in [0.1, 0.15) is 5.82 Å². The van der Waals surface area contributed by atoms with Crippen molar-refractivity contribution in [1.82, 2.24) is 10.3 Å². The van der Waals surface area contributed by atoms with Crippen LogP contribution in [0.15, 0.2) is 89.2 Å². The zero-order valence-electron chi connectivity index (χ0n) is 23.6. The maximum absolute atomic E-state index is 13.5. The molecule has 43 heavy (non-hydrogen) atoms. The van der Waals surface area contributed by atoms with Crippen molar-refractivity contribution < 1.29 is 28.3 Å². The fourth-order valence-corrected chi connectivity index (χ4v) is 5.37. The minimum atomic E-state index is -0.977. The Bertz CT molecular complexity index is 1790. The molecule has 1 heterocycles.